The zero-order valence-corrected chi connectivity index (χ0v) is 12.8. The van der Waals surface area contributed by atoms with E-state index in [1.165, 1.54) is 0 Å². The first-order chi connectivity index (χ1) is 9.38. The van der Waals surface area contributed by atoms with Gasteiger partial charge in [0.2, 0.25) is 0 Å². The van der Waals surface area contributed by atoms with E-state index in [2.05, 4.69) is 41.4 Å². The molecular formula is C14H22N6. The molecule has 6 heteroatoms. The molecule has 2 heterocycles. The molecule has 0 saturated carbocycles. The van der Waals surface area contributed by atoms with E-state index in [0.29, 0.717) is 6.54 Å². The number of anilines is 2. The van der Waals surface area contributed by atoms with E-state index in [4.69, 9.17) is 0 Å². The Labute approximate surface area is 119 Å². The second kappa shape index (κ2) is 5.48. The quantitative estimate of drug-likeness (QED) is 0.925. The summed E-state index contributed by atoms with van der Waals surface area (Å²) in [4.78, 5) is 6.34. The lowest BCUT2D eigenvalue weighted by Gasteiger charge is -2.17. The predicted octanol–water partition coefficient (Wildman–Crippen LogP) is 2.11. The van der Waals surface area contributed by atoms with Crippen molar-refractivity contribution >= 4 is 11.5 Å². The largest absolute Gasteiger partial charge is 0.376 e. The molecule has 0 aromatic carbocycles. The standard InChI is InChI=1S/C14H22N6/c1-14(2,3)20-10-11(17-18-20)9-16-12-7-6-8-15-13(12)19(4)5/h6-8,10,16H,9H2,1-5H3. The topological polar surface area (TPSA) is 58.9 Å². The van der Waals surface area contributed by atoms with Gasteiger partial charge in [0.25, 0.3) is 0 Å². The zero-order chi connectivity index (χ0) is 14.8. The summed E-state index contributed by atoms with van der Waals surface area (Å²) in [5.74, 6) is 0.913. The maximum Gasteiger partial charge on any atom is 0.151 e. The normalized spacial score (nSPS) is 11.4. The predicted molar refractivity (Wildman–Crippen MR) is 80.9 cm³/mol. The monoisotopic (exact) mass is 274 g/mol. The molecule has 2 aromatic heterocycles. The molecule has 0 atom stereocenters. The van der Waals surface area contributed by atoms with Crippen LogP contribution in [0.15, 0.2) is 24.5 Å². The Hall–Kier alpha value is -2.11. The van der Waals surface area contributed by atoms with Crippen LogP contribution >= 0.6 is 0 Å². The first-order valence-electron chi connectivity index (χ1n) is 6.66. The maximum atomic E-state index is 4.36. The van der Waals surface area contributed by atoms with Crippen molar-refractivity contribution in [2.45, 2.75) is 32.9 Å². The van der Waals surface area contributed by atoms with Crippen molar-refractivity contribution in [3.05, 3.63) is 30.2 Å². The van der Waals surface area contributed by atoms with Gasteiger partial charge >= 0.3 is 0 Å². The van der Waals surface area contributed by atoms with Crippen LogP contribution in [-0.2, 0) is 12.1 Å². The van der Waals surface area contributed by atoms with Gasteiger partial charge in [0.15, 0.2) is 5.82 Å². The minimum Gasteiger partial charge on any atom is -0.376 e. The summed E-state index contributed by atoms with van der Waals surface area (Å²) in [5.41, 5.74) is 1.85. The van der Waals surface area contributed by atoms with Crippen LogP contribution in [0.5, 0.6) is 0 Å². The highest BCUT2D eigenvalue weighted by Crippen LogP contribution is 2.21. The molecule has 0 aliphatic heterocycles. The molecule has 2 rings (SSSR count). The average molecular weight is 274 g/mol. The first-order valence-corrected chi connectivity index (χ1v) is 6.66. The molecule has 0 saturated heterocycles. The second-order valence-electron chi connectivity index (χ2n) is 5.95. The molecule has 0 aliphatic rings. The van der Waals surface area contributed by atoms with E-state index in [1.54, 1.807) is 6.20 Å². The second-order valence-corrected chi connectivity index (χ2v) is 5.95. The van der Waals surface area contributed by atoms with Gasteiger partial charge in [-0.05, 0) is 32.9 Å². The van der Waals surface area contributed by atoms with Gasteiger partial charge < -0.3 is 10.2 Å². The fraction of sp³-hybridized carbons (Fsp3) is 0.500. The van der Waals surface area contributed by atoms with Gasteiger partial charge in [-0.2, -0.15) is 0 Å². The lowest BCUT2D eigenvalue weighted by molar-refractivity contribution is 0.347. The van der Waals surface area contributed by atoms with Gasteiger partial charge in [-0.1, -0.05) is 5.21 Å². The van der Waals surface area contributed by atoms with E-state index >= 15 is 0 Å². The number of nitrogens with zero attached hydrogens (tertiary/aromatic N) is 5. The van der Waals surface area contributed by atoms with Crippen LogP contribution in [0.25, 0.3) is 0 Å². The van der Waals surface area contributed by atoms with E-state index in [0.717, 1.165) is 17.2 Å². The highest BCUT2D eigenvalue weighted by atomic mass is 15.4. The van der Waals surface area contributed by atoms with Gasteiger partial charge in [0.1, 0.15) is 5.69 Å². The molecular weight excluding hydrogens is 252 g/mol. The van der Waals surface area contributed by atoms with Crippen LogP contribution in [0.2, 0.25) is 0 Å². The fourth-order valence-electron chi connectivity index (χ4n) is 1.78. The summed E-state index contributed by atoms with van der Waals surface area (Å²) in [6.45, 7) is 6.93. The molecule has 1 N–H and O–H groups in total. The molecule has 0 spiro atoms. The van der Waals surface area contributed by atoms with Crippen LogP contribution in [-0.4, -0.2) is 34.1 Å². The van der Waals surface area contributed by atoms with Crippen LogP contribution in [0.3, 0.4) is 0 Å². The van der Waals surface area contributed by atoms with Crippen molar-refractivity contribution in [2.75, 3.05) is 24.3 Å². The fourth-order valence-corrected chi connectivity index (χ4v) is 1.78. The molecule has 108 valence electrons. The van der Waals surface area contributed by atoms with Crippen LogP contribution in [0, 0.1) is 0 Å². The van der Waals surface area contributed by atoms with Crippen molar-refractivity contribution in [1.29, 1.82) is 0 Å². The number of pyridine rings is 1. The van der Waals surface area contributed by atoms with Crippen molar-refractivity contribution in [2.24, 2.45) is 0 Å². The Kier molecular flexibility index (Phi) is 3.92. The molecule has 0 amide bonds. The molecule has 0 radical (unpaired) electrons. The van der Waals surface area contributed by atoms with Crippen molar-refractivity contribution in [3.8, 4) is 0 Å². The molecule has 2 aromatic rings. The SMILES string of the molecule is CN(C)c1ncccc1NCc1cn(C(C)(C)C)nn1. The van der Waals surface area contributed by atoms with Crippen LogP contribution < -0.4 is 10.2 Å². The lowest BCUT2D eigenvalue weighted by atomic mass is 10.1. The Balaban J connectivity index is 2.08. The Morgan fingerprint density at radius 3 is 2.65 bits per heavy atom. The van der Waals surface area contributed by atoms with E-state index in [9.17, 15) is 0 Å². The Bertz CT molecular complexity index is 567. The van der Waals surface area contributed by atoms with Gasteiger partial charge in [0.05, 0.1) is 24.0 Å². The first kappa shape index (κ1) is 14.3. The molecule has 6 nitrogen and oxygen atoms in total. The number of aromatic nitrogens is 4. The molecule has 0 fully saturated rings. The summed E-state index contributed by atoms with van der Waals surface area (Å²) in [5, 5.41) is 11.7. The van der Waals surface area contributed by atoms with Crippen molar-refractivity contribution in [1.82, 2.24) is 20.0 Å². The van der Waals surface area contributed by atoms with Gasteiger partial charge in [-0.3, -0.25) is 0 Å². The highest BCUT2D eigenvalue weighted by molar-refractivity contribution is 5.64. The van der Waals surface area contributed by atoms with Gasteiger partial charge in [-0.15, -0.1) is 5.10 Å². The Morgan fingerprint density at radius 1 is 1.30 bits per heavy atom. The molecule has 0 aliphatic carbocycles. The third-order valence-electron chi connectivity index (χ3n) is 2.90. The third kappa shape index (κ3) is 3.26. The summed E-state index contributed by atoms with van der Waals surface area (Å²) >= 11 is 0. The summed E-state index contributed by atoms with van der Waals surface area (Å²) < 4.78 is 1.88. The average Bonchev–Trinajstić information content (AvgIpc) is 2.85. The lowest BCUT2D eigenvalue weighted by Crippen LogP contribution is -2.22. The summed E-state index contributed by atoms with van der Waals surface area (Å²) in [6.07, 6.45) is 3.76. The smallest absolute Gasteiger partial charge is 0.151 e. The number of nitrogens with one attached hydrogen (secondary N) is 1. The minimum absolute atomic E-state index is 0.0473. The van der Waals surface area contributed by atoms with E-state index < -0.39 is 0 Å². The van der Waals surface area contributed by atoms with Crippen molar-refractivity contribution in [3.63, 3.8) is 0 Å². The van der Waals surface area contributed by atoms with Gasteiger partial charge in [-0.25, -0.2) is 9.67 Å². The van der Waals surface area contributed by atoms with Crippen molar-refractivity contribution < 1.29 is 0 Å². The van der Waals surface area contributed by atoms with E-state index in [1.807, 2.05) is 42.0 Å². The third-order valence-corrected chi connectivity index (χ3v) is 2.90. The summed E-state index contributed by atoms with van der Waals surface area (Å²) in [6, 6.07) is 3.93. The molecule has 20 heavy (non-hydrogen) atoms. The molecule has 0 bridgehead atoms. The Morgan fingerprint density at radius 2 is 2.05 bits per heavy atom. The number of hydrogen-bond acceptors (Lipinski definition) is 5. The number of hydrogen-bond donors (Lipinski definition) is 1. The number of rotatable bonds is 4. The molecule has 0 unspecified atom stereocenters. The van der Waals surface area contributed by atoms with Gasteiger partial charge in [0, 0.05) is 20.3 Å². The highest BCUT2D eigenvalue weighted by Gasteiger charge is 2.15. The van der Waals surface area contributed by atoms with E-state index in [-0.39, 0.29) is 5.54 Å². The van der Waals surface area contributed by atoms with Crippen LogP contribution in [0.4, 0.5) is 11.5 Å². The summed E-state index contributed by atoms with van der Waals surface area (Å²) in [7, 11) is 3.95. The maximum absolute atomic E-state index is 4.36. The zero-order valence-electron chi connectivity index (χ0n) is 12.8. The van der Waals surface area contributed by atoms with Crippen LogP contribution in [0.1, 0.15) is 26.5 Å². The minimum atomic E-state index is -0.0473.